The molecule has 0 aliphatic heterocycles. The Bertz CT molecular complexity index is 1780. The summed E-state index contributed by atoms with van der Waals surface area (Å²) in [5, 5.41) is 21.4. The topological polar surface area (TPSA) is 173 Å². The van der Waals surface area contributed by atoms with Gasteiger partial charge < -0.3 is 24.2 Å². The van der Waals surface area contributed by atoms with E-state index in [2.05, 4.69) is 13.8 Å². The quantitative estimate of drug-likeness (QED) is 0.0499. The van der Waals surface area contributed by atoms with Crippen LogP contribution in [0, 0.1) is 0 Å². The minimum atomic E-state index is -4.54. The number of hydrogen-bond acceptors (Lipinski definition) is 9. The number of phenols is 1. The number of benzene rings is 4. The Hall–Kier alpha value is -2.84. The third-order valence-corrected chi connectivity index (χ3v) is 10.0. The monoisotopic (exact) mass is 794 g/mol. The van der Waals surface area contributed by atoms with E-state index in [0.29, 0.717) is 17.2 Å². The molecule has 0 amide bonds. The number of aryl methyl sites for hydroxylation is 2. The zero-order chi connectivity index (χ0) is 38.0. The van der Waals surface area contributed by atoms with Gasteiger partial charge in [-0.2, -0.15) is 8.42 Å². The van der Waals surface area contributed by atoms with Gasteiger partial charge in [-0.15, -0.1) is 5.75 Å². The van der Waals surface area contributed by atoms with E-state index in [1.54, 1.807) is 36.4 Å². The zero-order valence-electron chi connectivity index (χ0n) is 30.7. The molecule has 10 nitrogen and oxygen atoms in total. The summed E-state index contributed by atoms with van der Waals surface area (Å²) in [5.74, 6) is 1.74. The minimum Gasteiger partial charge on any atom is -0.872 e. The van der Waals surface area contributed by atoms with Crippen LogP contribution in [0.15, 0.2) is 94.7 Å². The van der Waals surface area contributed by atoms with Crippen LogP contribution in [0.2, 0.25) is 0 Å². The Morgan fingerprint density at radius 3 is 1.55 bits per heavy atom. The van der Waals surface area contributed by atoms with Crippen LogP contribution < -0.4 is 14.6 Å². The standard InChI is InChI=1S/2C20H26O5S.Ca/c2*1-2-3-4-5-6-7-9-16-14-17(21)12-13-20(16)25-18-10-8-11-19(15-18)26(22,23)24;/h2*8,10-15,21H,2-7,9H2,1H3,(H,22,23,24);/q;;+2/p-2. The van der Waals surface area contributed by atoms with Gasteiger partial charge in [-0.25, -0.2) is 8.42 Å². The molecule has 4 aromatic carbocycles. The molecule has 0 saturated heterocycles. The van der Waals surface area contributed by atoms with Crippen LogP contribution in [0.4, 0.5) is 0 Å². The van der Waals surface area contributed by atoms with Crippen molar-refractivity contribution in [3.63, 3.8) is 0 Å². The predicted molar refractivity (Wildman–Crippen MR) is 205 cm³/mol. The van der Waals surface area contributed by atoms with Gasteiger partial charge >= 0.3 is 37.7 Å². The molecule has 0 bridgehead atoms. The molecule has 4 aromatic rings. The van der Waals surface area contributed by atoms with Crippen LogP contribution in [0.5, 0.6) is 34.5 Å². The Morgan fingerprint density at radius 2 is 1.04 bits per heavy atom. The van der Waals surface area contributed by atoms with E-state index < -0.39 is 20.2 Å². The van der Waals surface area contributed by atoms with E-state index in [9.17, 15) is 31.6 Å². The molecule has 0 atom stereocenters. The van der Waals surface area contributed by atoms with Crippen molar-refractivity contribution in [2.24, 2.45) is 0 Å². The molecule has 2 N–H and O–H groups in total. The maximum atomic E-state index is 11.7. The number of phenolic OH excluding ortho intramolecular Hbond substituents is 1. The van der Waals surface area contributed by atoms with E-state index in [1.165, 1.54) is 99.9 Å². The van der Waals surface area contributed by atoms with E-state index >= 15 is 0 Å². The summed E-state index contributed by atoms with van der Waals surface area (Å²) in [5.41, 5.74) is 1.67. The summed E-state index contributed by atoms with van der Waals surface area (Å²) in [6, 6.07) is 20.6. The Labute approximate surface area is 345 Å². The predicted octanol–water partition coefficient (Wildman–Crippen LogP) is 9.31. The zero-order valence-corrected chi connectivity index (χ0v) is 34.5. The molecule has 53 heavy (non-hydrogen) atoms. The molecular weight excluding hydrogens is 745 g/mol. The molecule has 4 rings (SSSR count). The summed E-state index contributed by atoms with van der Waals surface area (Å²) in [6.07, 6.45) is 15.4. The van der Waals surface area contributed by atoms with Gasteiger partial charge in [0.2, 0.25) is 0 Å². The SMILES string of the molecule is CCCCCCCCc1cc(O)ccc1Oc1cccc(S(=O)(=O)O)c1.CCCCCCCCc1cc([O-])ccc1Oc1cccc(S(=O)(=O)[O-])c1.[Ca+2]. The number of unbranched alkanes of at least 4 members (excludes halogenated alkanes) is 10. The number of ether oxygens (including phenoxy) is 2. The van der Waals surface area contributed by atoms with Gasteiger partial charge in [-0.05, 0) is 91.4 Å². The van der Waals surface area contributed by atoms with Gasteiger partial charge in [0.15, 0.2) is 0 Å². The van der Waals surface area contributed by atoms with Gasteiger partial charge in [-0.1, -0.05) is 102 Å². The molecule has 0 unspecified atom stereocenters. The molecule has 0 aromatic heterocycles. The molecule has 0 heterocycles. The van der Waals surface area contributed by atoms with Crippen LogP contribution in [-0.2, 0) is 33.1 Å². The first-order valence-corrected chi connectivity index (χ1v) is 20.8. The molecular formula is C40H50CaO10S2. The first kappa shape index (κ1) is 46.3. The molecule has 0 aliphatic rings. The third-order valence-electron chi connectivity index (χ3n) is 8.33. The Kier molecular flexibility index (Phi) is 20.8. The van der Waals surface area contributed by atoms with Crippen molar-refractivity contribution in [2.75, 3.05) is 0 Å². The number of aromatic hydroxyl groups is 1. The van der Waals surface area contributed by atoms with Gasteiger partial charge in [0.1, 0.15) is 38.9 Å². The third kappa shape index (κ3) is 17.4. The van der Waals surface area contributed by atoms with E-state index in [-0.39, 0.29) is 64.8 Å². The fourth-order valence-electron chi connectivity index (χ4n) is 5.55. The smallest absolute Gasteiger partial charge is 0.872 e. The fraction of sp³-hybridized carbons (Fsp3) is 0.400. The van der Waals surface area contributed by atoms with Gasteiger partial charge in [0.25, 0.3) is 10.1 Å². The van der Waals surface area contributed by atoms with Crippen molar-refractivity contribution >= 4 is 58.0 Å². The second kappa shape index (κ2) is 23.8. The summed E-state index contributed by atoms with van der Waals surface area (Å²) >= 11 is 0. The minimum absolute atomic E-state index is 0. The molecule has 0 spiro atoms. The van der Waals surface area contributed by atoms with Crippen molar-refractivity contribution in [2.45, 2.75) is 114 Å². The summed E-state index contributed by atoms with van der Waals surface area (Å²) in [7, 11) is -8.82. The fourth-order valence-corrected chi connectivity index (χ4v) is 6.57. The largest absolute Gasteiger partial charge is 2.00 e. The van der Waals surface area contributed by atoms with Gasteiger partial charge in [0.05, 0.1) is 9.79 Å². The molecule has 0 radical (unpaired) electrons. The van der Waals surface area contributed by atoms with E-state index in [1.807, 2.05) is 0 Å². The van der Waals surface area contributed by atoms with Crippen molar-refractivity contribution in [1.82, 2.24) is 0 Å². The summed E-state index contributed by atoms with van der Waals surface area (Å²) in [4.78, 5) is -0.556. The van der Waals surface area contributed by atoms with Gasteiger partial charge in [-0.3, -0.25) is 4.55 Å². The number of rotatable bonds is 20. The second-order valence-corrected chi connectivity index (χ2v) is 15.5. The van der Waals surface area contributed by atoms with Crippen LogP contribution in [-0.4, -0.2) is 68.8 Å². The van der Waals surface area contributed by atoms with Crippen LogP contribution in [0.25, 0.3) is 0 Å². The summed E-state index contributed by atoms with van der Waals surface area (Å²) < 4.78 is 76.7. The number of hydrogen-bond donors (Lipinski definition) is 2. The van der Waals surface area contributed by atoms with E-state index in [4.69, 9.17) is 14.0 Å². The summed E-state index contributed by atoms with van der Waals surface area (Å²) in [6.45, 7) is 4.36. The van der Waals surface area contributed by atoms with Crippen molar-refractivity contribution < 1.29 is 45.6 Å². The van der Waals surface area contributed by atoms with Crippen molar-refractivity contribution in [1.29, 1.82) is 0 Å². The molecule has 0 saturated carbocycles. The Balaban J connectivity index is 0.000000360. The maximum absolute atomic E-state index is 11.7. The molecule has 284 valence electrons. The van der Waals surface area contributed by atoms with Crippen molar-refractivity contribution in [3.05, 3.63) is 96.1 Å². The second-order valence-electron chi connectivity index (χ2n) is 12.7. The normalized spacial score (nSPS) is 11.2. The molecule has 0 aliphatic carbocycles. The molecule has 13 heteroatoms. The molecule has 0 fully saturated rings. The first-order chi connectivity index (χ1) is 24.8. The van der Waals surface area contributed by atoms with Crippen LogP contribution in [0.1, 0.15) is 102 Å². The van der Waals surface area contributed by atoms with Crippen LogP contribution >= 0.6 is 0 Å². The first-order valence-electron chi connectivity index (χ1n) is 17.9. The average molecular weight is 795 g/mol. The van der Waals surface area contributed by atoms with E-state index in [0.717, 1.165) is 49.7 Å². The van der Waals surface area contributed by atoms with Crippen LogP contribution in [0.3, 0.4) is 0 Å². The van der Waals surface area contributed by atoms with Gasteiger partial charge in [0, 0.05) is 6.07 Å². The average Bonchev–Trinajstić information content (AvgIpc) is 3.10. The van der Waals surface area contributed by atoms with Crippen molar-refractivity contribution in [3.8, 4) is 34.5 Å². The maximum Gasteiger partial charge on any atom is 2.00 e. The Morgan fingerprint density at radius 1 is 0.585 bits per heavy atom.